The van der Waals surface area contributed by atoms with Crippen LogP contribution in [0.4, 0.5) is 5.69 Å². The minimum Gasteiger partial charge on any atom is -0.370 e. The maximum atomic E-state index is 12.8. The van der Waals surface area contributed by atoms with E-state index in [-0.39, 0.29) is 5.91 Å². The molecule has 0 radical (unpaired) electrons. The van der Waals surface area contributed by atoms with Gasteiger partial charge in [-0.05, 0) is 48.4 Å². The number of amides is 1. The zero-order valence-corrected chi connectivity index (χ0v) is 14.8. The Balaban J connectivity index is 1.46. The number of nitrogens with zero attached hydrogens (tertiary/aromatic N) is 3. The van der Waals surface area contributed by atoms with E-state index in [1.54, 1.807) is 0 Å². The van der Waals surface area contributed by atoms with Crippen molar-refractivity contribution in [2.24, 2.45) is 5.92 Å². The molecule has 4 rings (SSSR count). The van der Waals surface area contributed by atoms with E-state index in [1.165, 1.54) is 24.0 Å². The number of benzene rings is 1. The summed E-state index contributed by atoms with van der Waals surface area (Å²) in [5.41, 5.74) is 4.29. The van der Waals surface area contributed by atoms with E-state index >= 15 is 0 Å². The van der Waals surface area contributed by atoms with Crippen molar-refractivity contribution in [3.63, 3.8) is 0 Å². The molecule has 1 unspecified atom stereocenters. The lowest BCUT2D eigenvalue weighted by Gasteiger charge is -2.32. The molecule has 1 saturated heterocycles. The number of pyridine rings is 1. The molecule has 4 heteroatoms. The first kappa shape index (κ1) is 16.1. The Labute approximate surface area is 149 Å². The monoisotopic (exact) mass is 335 g/mol. The number of hydrogen-bond donors (Lipinski definition) is 0. The SMILES string of the molecule is CC1CCCN(c2ccc(C(=O)N3CCc4ccccc4C3)nc2)C1. The average Bonchev–Trinajstić information content (AvgIpc) is 2.67. The van der Waals surface area contributed by atoms with E-state index in [1.807, 2.05) is 23.2 Å². The Morgan fingerprint density at radius 1 is 1.12 bits per heavy atom. The zero-order chi connectivity index (χ0) is 17.2. The van der Waals surface area contributed by atoms with Crippen LogP contribution < -0.4 is 4.90 Å². The molecule has 2 aliphatic heterocycles. The molecular weight excluding hydrogens is 310 g/mol. The summed E-state index contributed by atoms with van der Waals surface area (Å²) in [5.74, 6) is 0.761. The second-order valence-corrected chi connectivity index (χ2v) is 7.34. The predicted octanol–water partition coefficient (Wildman–Crippen LogP) is 3.52. The highest BCUT2D eigenvalue weighted by atomic mass is 16.2. The maximum Gasteiger partial charge on any atom is 0.272 e. The van der Waals surface area contributed by atoms with Gasteiger partial charge in [-0.2, -0.15) is 0 Å². The summed E-state index contributed by atoms with van der Waals surface area (Å²) in [5, 5.41) is 0. The minimum atomic E-state index is 0.0352. The highest BCUT2D eigenvalue weighted by Crippen LogP contribution is 2.23. The van der Waals surface area contributed by atoms with Crippen LogP contribution in [0.5, 0.6) is 0 Å². The number of carbonyl (C=O) groups is 1. The first-order valence-electron chi connectivity index (χ1n) is 9.28. The van der Waals surface area contributed by atoms with E-state index in [4.69, 9.17) is 0 Å². The third kappa shape index (κ3) is 3.39. The standard InChI is InChI=1S/C21H25N3O/c1-16-5-4-11-23(14-16)19-8-9-20(22-13-19)21(25)24-12-10-17-6-2-3-7-18(17)15-24/h2-3,6-9,13,16H,4-5,10-12,14-15H2,1H3. The number of anilines is 1. The summed E-state index contributed by atoms with van der Waals surface area (Å²) < 4.78 is 0. The van der Waals surface area contributed by atoms with Crippen LogP contribution in [0.2, 0.25) is 0 Å². The Morgan fingerprint density at radius 2 is 1.96 bits per heavy atom. The topological polar surface area (TPSA) is 36.4 Å². The van der Waals surface area contributed by atoms with E-state index < -0.39 is 0 Å². The average molecular weight is 335 g/mol. The van der Waals surface area contributed by atoms with E-state index in [2.05, 4.69) is 41.1 Å². The summed E-state index contributed by atoms with van der Waals surface area (Å²) in [6, 6.07) is 12.3. The van der Waals surface area contributed by atoms with Crippen molar-refractivity contribution < 1.29 is 4.79 Å². The highest BCUT2D eigenvalue weighted by molar-refractivity contribution is 5.92. The third-order valence-corrected chi connectivity index (χ3v) is 5.41. The zero-order valence-electron chi connectivity index (χ0n) is 14.8. The van der Waals surface area contributed by atoms with Crippen LogP contribution in [-0.2, 0) is 13.0 Å². The van der Waals surface area contributed by atoms with Gasteiger partial charge in [0.1, 0.15) is 5.69 Å². The summed E-state index contributed by atoms with van der Waals surface area (Å²) in [7, 11) is 0. The molecule has 1 atom stereocenters. The smallest absolute Gasteiger partial charge is 0.272 e. The molecule has 3 heterocycles. The largest absolute Gasteiger partial charge is 0.370 e. The summed E-state index contributed by atoms with van der Waals surface area (Å²) in [6.45, 7) is 5.91. The minimum absolute atomic E-state index is 0.0352. The van der Waals surface area contributed by atoms with Gasteiger partial charge in [-0.1, -0.05) is 31.2 Å². The molecule has 25 heavy (non-hydrogen) atoms. The Morgan fingerprint density at radius 3 is 2.72 bits per heavy atom. The first-order chi connectivity index (χ1) is 12.2. The van der Waals surface area contributed by atoms with Crippen LogP contribution >= 0.6 is 0 Å². The van der Waals surface area contributed by atoms with Crippen molar-refractivity contribution in [2.45, 2.75) is 32.7 Å². The van der Waals surface area contributed by atoms with Crippen LogP contribution in [0, 0.1) is 5.92 Å². The van der Waals surface area contributed by atoms with E-state index in [0.29, 0.717) is 12.2 Å². The number of aromatic nitrogens is 1. The Kier molecular flexibility index (Phi) is 4.43. The van der Waals surface area contributed by atoms with Crippen molar-refractivity contribution in [1.82, 2.24) is 9.88 Å². The van der Waals surface area contributed by atoms with Gasteiger partial charge in [0.05, 0.1) is 11.9 Å². The molecule has 2 aliphatic rings. The first-order valence-corrected chi connectivity index (χ1v) is 9.28. The molecule has 1 aromatic heterocycles. The Hall–Kier alpha value is -2.36. The van der Waals surface area contributed by atoms with E-state index in [0.717, 1.165) is 37.7 Å². The normalized spacial score (nSPS) is 20.3. The van der Waals surface area contributed by atoms with Crippen molar-refractivity contribution >= 4 is 11.6 Å². The van der Waals surface area contributed by atoms with Gasteiger partial charge in [0.25, 0.3) is 5.91 Å². The lowest BCUT2D eigenvalue weighted by molar-refractivity contribution is 0.0729. The maximum absolute atomic E-state index is 12.8. The fraction of sp³-hybridized carbons (Fsp3) is 0.429. The van der Waals surface area contributed by atoms with Crippen molar-refractivity contribution in [1.29, 1.82) is 0 Å². The van der Waals surface area contributed by atoms with Gasteiger partial charge >= 0.3 is 0 Å². The predicted molar refractivity (Wildman–Crippen MR) is 99.7 cm³/mol. The number of piperidine rings is 1. The van der Waals surface area contributed by atoms with Crippen molar-refractivity contribution in [3.05, 3.63) is 59.4 Å². The van der Waals surface area contributed by atoms with Crippen LogP contribution in [-0.4, -0.2) is 35.4 Å². The van der Waals surface area contributed by atoms with Gasteiger partial charge < -0.3 is 9.80 Å². The molecule has 1 fully saturated rings. The highest BCUT2D eigenvalue weighted by Gasteiger charge is 2.23. The molecule has 1 amide bonds. The van der Waals surface area contributed by atoms with Gasteiger partial charge in [-0.3, -0.25) is 4.79 Å². The van der Waals surface area contributed by atoms with Gasteiger partial charge in [0.15, 0.2) is 0 Å². The van der Waals surface area contributed by atoms with Crippen LogP contribution in [0.25, 0.3) is 0 Å². The number of carbonyl (C=O) groups excluding carboxylic acids is 1. The molecule has 0 spiro atoms. The second-order valence-electron chi connectivity index (χ2n) is 7.34. The molecule has 0 aliphatic carbocycles. The van der Waals surface area contributed by atoms with Crippen molar-refractivity contribution in [2.75, 3.05) is 24.5 Å². The summed E-state index contributed by atoms with van der Waals surface area (Å²) in [4.78, 5) is 21.6. The quantitative estimate of drug-likeness (QED) is 0.842. The molecule has 0 N–H and O–H groups in total. The van der Waals surface area contributed by atoms with Gasteiger partial charge in [0, 0.05) is 26.2 Å². The van der Waals surface area contributed by atoms with Gasteiger partial charge in [-0.25, -0.2) is 4.98 Å². The molecule has 1 aromatic carbocycles. The number of fused-ring (bicyclic) bond motifs is 1. The van der Waals surface area contributed by atoms with Crippen LogP contribution in [0.3, 0.4) is 0 Å². The third-order valence-electron chi connectivity index (χ3n) is 5.41. The van der Waals surface area contributed by atoms with Crippen LogP contribution in [0.15, 0.2) is 42.6 Å². The summed E-state index contributed by atoms with van der Waals surface area (Å²) >= 11 is 0. The molecule has 130 valence electrons. The Bertz CT molecular complexity index is 756. The fourth-order valence-corrected chi connectivity index (χ4v) is 3.95. The van der Waals surface area contributed by atoms with Gasteiger partial charge in [0.2, 0.25) is 0 Å². The molecule has 4 nitrogen and oxygen atoms in total. The molecule has 0 saturated carbocycles. The van der Waals surface area contributed by atoms with Crippen molar-refractivity contribution in [3.8, 4) is 0 Å². The number of rotatable bonds is 2. The fourth-order valence-electron chi connectivity index (χ4n) is 3.95. The summed E-state index contributed by atoms with van der Waals surface area (Å²) in [6.07, 6.45) is 5.32. The van der Waals surface area contributed by atoms with Crippen LogP contribution in [0.1, 0.15) is 41.4 Å². The molecule has 2 aromatic rings. The molecule has 0 bridgehead atoms. The lowest BCUT2D eigenvalue weighted by Crippen LogP contribution is -2.36. The number of hydrogen-bond acceptors (Lipinski definition) is 3. The molecular formula is C21H25N3O. The van der Waals surface area contributed by atoms with Gasteiger partial charge in [-0.15, -0.1) is 0 Å². The van der Waals surface area contributed by atoms with E-state index in [9.17, 15) is 4.79 Å². The second kappa shape index (κ2) is 6.87. The lowest BCUT2D eigenvalue weighted by atomic mass is 9.99.